The Kier molecular flexibility index (Phi) is 5.02. The van der Waals surface area contributed by atoms with Crippen molar-refractivity contribution in [2.75, 3.05) is 0 Å². The van der Waals surface area contributed by atoms with Gasteiger partial charge in [-0.3, -0.25) is 4.57 Å². The highest BCUT2D eigenvalue weighted by molar-refractivity contribution is 7.99. The van der Waals surface area contributed by atoms with Gasteiger partial charge in [0.05, 0.1) is 33.3 Å². The van der Waals surface area contributed by atoms with E-state index in [1.54, 1.807) is 11.8 Å². The number of benzene rings is 7. The standard InChI is InChI=1S/C42H24N4S/c1-2-11-26-24-27(21-20-25(26)10-1)45-34-17-7-4-13-30(34)38-35(45)23-22-29-28-12-3-6-16-33(28)46(41(29)38)42-43-32-15-9-19-37-39(32)40(44-42)31-14-5-8-18-36(31)47-37/h1-24H. The van der Waals surface area contributed by atoms with Crippen LogP contribution in [0.15, 0.2) is 155 Å². The minimum atomic E-state index is 0.688. The molecule has 0 atom stereocenters. The van der Waals surface area contributed by atoms with Gasteiger partial charge in [-0.2, -0.15) is 0 Å². The summed E-state index contributed by atoms with van der Waals surface area (Å²) in [7, 11) is 0. The average Bonchev–Trinajstić information content (AvgIpc) is 3.64. The molecule has 3 aromatic heterocycles. The fourth-order valence-corrected chi connectivity index (χ4v) is 8.81. The quantitative estimate of drug-likeness (QED) is 0.194. The zero-order valence-electron chi connectivity index (χ0n) is 25.1. The Labute approximate surface area is 273 Å². The van der Waals surface area contributed by atoms with Gasteiger partial charge >= 0.3 is 0 Å². The largest absolute Gasteiger partial charge is 0.309 e. The molecular weight excluding hydrogens is 593 g/mol. The maximum absolute atomic E-state index is 5.43. The normalized spacial score (nSPS) is 12.6. The highest BCUT2D eigenvalue weighted by Gasteiger charge is 2.25. The van der Waals surface area contributed by atoms with Gasteiger partial charge in [-0.05, 0) is 59.3 Å². The zero-order chi connectivity index (χ0) is 30.6. The molecule has 0 saturated carbocycles. The van der Waals surface area contributed by atoms with Crippen LogP contribution in [0.3, 0.4) is 0 Å². The molecule has 0 saturated heterocycles. The van der Waals surface area contributed by atoms with Crippen LogP contribution in [0.5, 0.6) is 0 Å². The number of fused-ring (bicyclic) bond motifs is 10. The van der Waals surface area contributed by atoms with Crippen LogP contribution in [0, 0.1) is 0 Å². The third-order valence-corrected chi connectivity index (χ3v) is 10.8. The highest BCUT2D eigenvalue weighted by Crippen LogP contribution is 2.47. The number of hydrogen-bond donors (Lipinski definition) is 0. The van der Waals surface area contributed by atoms with E-state index in [9.17, 15) is 0 Å². The summed E-state index contributed by atoms with van der Waals surface area (Å²) in [5, 5.41) is 8.37. The topological polar surface area (TPSA) is 35.6 Å². The van der Waals surface area contributed by atoms with E-state index >= 15 is 0 Å². The highest BCUT2D eigenvalue weighted by atomic mass is 32.2. The summed E-state index contributed by atoms with van der Waals surface area (Å²) >= 11 is 1.80. The smallest absolute Gasteiger partial charge is 0.235 e. The Balaban J connectivity index is 1.30. The molecule has 0 radical (unpaired) electrons. The molecule has 47 heavy (non-hydrogen) atoms. The molecule has 0 bridgehead atoms. The van der Waals surface area contributed by atoms with Crippen molar-refractivity contribution < 1.29 is 0 Å². The summed E-state index contributed by atoms with van der Waals surface area (Å²) in [5.41, 5.74) is 8.80. The minimum absolute atomic E-state index is 0.688. The van der Waals surface area contributed by atoms with E-state index in [4.69, 9.17) is 9.97 Å². The fourth-order valence-electron chi connectivity index (χ4n) is 7.70. The van der Waals surface area contributed by atoms with Gasteiger partial charge in [0.25, 0.3) is 0 Å². The van der Waals surface area contributed by atoms with E-state index in [2.05, 4.69) is 155 Å². The van der Waals surface area contributed by atoms with Crippen molar-refractivity contribution in [3.8, 4) is 22.9 Å². The molecule has 218 valence electrons. The van der Waals surface area contributed by atoms with E-state index in [1.165, 1.54) is 47.6 Å². The van der Waals surface area contributed by atoms with Crippen molar-refractivity contribution in [1.82, 2.24) is 19.1 Å². The van der Waals surface area contributed by atoms with Crippen molar-refractivity contribution in [1.29, 1.82) is 0 Å². The molecule has 1 aliphatic heterocycles. The van der Waals surface area contributed by atoms with E-state index in [0.29, 0.717) is 5.95 Å². The summed E-state index contributed by atoms with van der Waals surface area (Å²) in [4.78, 5) is 13.2. The van der Waals surface area contributed by atoms with Crippen LogP contribution in [0.2, 0.25) is 0 Å². The van der Waals surface area contributed by atoms with Crippen molar-refractivity contribution in [2.45, 2.75) is 9.79 Å². The molecule has 11 rings (SSSR count). The molecule has 0 fully saturated rings. The number of rotatable bonds is 2. The zero-order valence-corrected chi connectivity index (χ0v) is 25.9. The van der Waals surface area contributed by atoms with E-state index in [-0.39, 0.29) is 0 Å². The maximum Gasteiger partial charge on any atom is 0.235 e. The van der Waals surface area contributed by atoms with Crippen LogP contribution in [0.25, 0.3) is 88.2 Å². The SMILES string of the molecule is c1ccc2c(c1)Sc1cccc3nc(-n4c5ccccc5c5ccc6c(c7ccccc7n6-c6ccc7ccccc7c6)c54)nc-2c13. The van der Waals surface area contributed by atoms with Gasteiger partial charge in [0, 0.05) is 48.0 Å². The summed E-state index contributed by atoms with van der Waals surface area (Å²) in [6.07, 6.45) is 0. The maximum atomic E-state index is 5.43. The van der Waals surface area contributed by atoms with Crippen molar-refractivity contribution >= 4 is 77.0 Å². The Morgan fingerprint density at radius 1 is 0.468 bits per heavy atom. The molecule has 5 heteroatoms. The van der Waals surface area contributed by atoms with Crippen LogP contribution in [-0.2, 0) is 0 Å². The molecule has 0 aliphatic carbocycles. The van der Waals surface area contributed by atoms with Gasteiger partial charge in [-0.15, -0.1) is 0 Å². The first-order chi connectivity index (χ1) is 23.3. The predicted octanol–water partition coefficient (Wildman–Crippen LogP) is 11.1. The van der Waals surface area contributed by atoms with E-state index in [1.807, 2.05) is 0 Å². The number of aromatic nitrogens is 4. The van der Waals surface area contributed by atoms with Gasteiger partial charge in [0.1, 0.15) is 0 Å². The molecular formula is C42H24N4S. The lowest BCUT2D eigenvalue weighted by atomic mass is 10.1. The lowest BCUT2D eigenvalue weighted by molar-refractivity contribution is 1.01. The minimum Gasteiger partial charge on any atom is -0.309 e. The first-order valence-corrected chi connectivity index (χ1v) is 16.7. The van der Waals surface area contributed by atoms with Crippen LogP contribution >= 0.6 is 11.8 Å². The van der Waals surface area contributed by atoms with Gasteiger partial charge in [-0.1, -0.05) is 109 Å². The Morgan fingerprint density at radius 3 is 2.13 bits per heavy atom. The summed E-state index contributed by atoms with van der Waals surface area (Å²) in [5.74, 6) is 0.688. The summed E-state index contributed by atoms with van der Waals surface area (Å²) in [6.45, 7) is 0. The summed E-state index contributed by atoms with van der Waals surface area (Å²) in [6, 6.07) is 52.3. The third kappa shape index (κ3) is 3.44. The van der Waals surface area contributed by atoms with Gasteiger partial charge in [0.15, 0.2) is 0 Å². The van der Waals surface area contributed by atoms with Crippen molar-refractivity contribution in [3.05, 3.63) is 146 Å². The first-order valence-electron chi connectivity index (χ1n) is 15.8. The van der Waals surface area contributed by atoms with Gasteiger partial charge < -0.3 is 4.57 Å². The molecule has 0 spiro atoms. The monoisotopic (exact) mass is 616 g/mol. The van der Waals surface area contributed by atoms with Crippen LogP contribution in [-0.4, -0.2) is 19.1 Å². The first kappa shape index (κ1) is 25.3. The van der Waals surface area contributed by atoms with Crippen LogP contribution in [0.4, 0.5) is 0 Å². The second kappa shape index (κ2) is 9.32. The van der Waals surface area contributed by atoms with Gasteiger partial charge in [-0.25, -0.2) is 9.97 Å². The second-order valence-electron chi connectivity index (χ2n) is 12.2. The molecule has 0 N–H and O–H groups in total. The van der Waals surface area contributed by atoms with Crippen LogP contribution < -0.4 is 0 Å². The molecule has 0 unspecified atom stereocenters. The summed E-state index contributed by atoms with van der Waals surface area (Å²) < 4.78 is 4.71. The van der Waals surface area contributed by atoms with Gasteiger partial charge in [0.2, 0.25) is 5.95 Å². The second-order valence-corrected chi connectivity index (χ2v) is 13.3. The molecule has 10 aromatic rings. The lowest BCUT2D eigenvalue weighted by Crippen LogP contribution is -2.05. The molecule has 4 heterocycles. The number of para-hydroxylation sites is 2. The predicted molar refractivity (Wildman–Crippen MR) is 195 cm³/mol. The molecule has 4 nitrogen and oxygen atoms in total. The number of hydrogen-bond acceptors (Lipinski definition) is 3. The molecule has 7 aromatic carbocycles. The Bertz CT molecular complexity index is 2950. The lowest BCUT2D eigenvalue weighted by Gasteiger charge is -2.20. The number of nitrogens with zero attached hydrogens (tertiary/aromatic N) is 4. The average molecular weight is 617 g/mol. The Morgan fingerprint density at radius 2 is 1.21 bits per heavy atom. The van der Waals surface area contributed by atoms with E-state index in [0.717, 1.165) is 44.4 Å². The van der Waals surface area contributed by atoms with Crippen molar-refractivity contribution in [2.24, 2.45) is 0 Å². The molecule has 0 amide bonds. The molecule has 1 aliphatic rings. The van der Waals surface area contributed by atoms with Crippen LogP contribution in [0.1, 0.15) is 0 Å². The van der Waals surface area contributed by atoms with E-state index < -0.39 is 0 Å². The Hall–Kier alpha value is -5.91. The fraction of sp³-hybridized carbons (Fsp3) is 0. The third-order valence-electron chi connectivity index (χ3n) is 9.70. The van der Waals surface area contributed by atoms with Crippen molar-refractivity contribution in [3.63, 3.8) is 0 Å².